The summed E-state index contributed by atoms with van der Waals surface area (Å²) in [5.74, 6) is 0.781. The fourth-order valence-electron chi connectivity index (χ4n) is 4.10. The van der Waals surface area contributed by atoms with Gasteiger partial charge in [-0.05, 0) is 67.7 Å². The Morgan fingerprint density at radius 3 is 2.34 bits per heavy atom. The van der Waals surface area contributed by atoms with Gasteiger partial charge in [0.15, 0.2) is 0 Å². The van der Waals surface area contributed by atoms with Crippen molar-refractivity contribution in [1.29, 1.82) is 0 Å². The van der Waals surface area contributed by atoms with Gasteiger partial charge < -0.3 is 29.2 Å². The number of ether oxygens (including phenoxy) is 1. The summed E-state index contributed by atoms with van der Waals surface area (Å²) < 4.78 is 17.4. The number of hydrogen-bond acceptors (Lipinski definition) is 8. The molecule has 0 aliphatic carbocycles. The lowest BCUT2D eigenvalue weighted by Crippen LogP contribution is -2.47. The second-order valence-electron chi connectivity index (χ2n) is 11.6. The van der Waals surface area contributed by atoms with Gasteiger partial charge in [0.05, 0.1) is 11.2 Å². The van der Waals surface area contributed by atoms with Crippen molar-refractivity contribution in [3.05, 3.63) is 12.4 Å². The van der Waals surface area contributed by atoms with Crippen LogP contribution in [0, 0.1) is 5.92 Å². The van der Waals surface area contributed by atoms with Crippen LogP contribution in [0.25, 0.3) is 0 Å². The van der Waals surface area contributed by atoms with E-state index in [0.29, 0.717) is 25.6 Å². The van der Waals surface area contributed by atoms with E-state index in [1.165, 1.54) is 0 Å². The van der Waals surface area contributed by atoms with Gasteiger partial charge in [0.2, 0.25) is 11.9 Å². The van der Waals surface area contributed by atoms with E-state index in [4.69, 9.17) is 14.0 Å². The molecule has 1 N–H and O–H groups in total. The first-order chi connectivity index (χ1) is 16.1. The first kappa shape index (κ1) is 27.2. The van der Waals surface area contributed by atoms with Crippen molar-refractivity contribution >= 4 is 30.5 Å². The molecule has 0 spiro atoms. The van der Waals surface area contributed by atoms with E-state index >= 15 is 0 Å². The molecular formula is C24H40BN5O5. The number of carbonyl (C=O) groups is 2. The van der Waals surface area contributed by atoms with E-state index in [0.717, 1.165) is 11.9 Å². The largest absolute Gasteiger partial charge is 0.498 e. The minimum atomic E-state index is -0.646. The van der Waals surface area contributed by atoms with Crippen LogP contribution >= 0.6 is 0 Å². The predicted molar refractivity (Wildman–Crippen MR) is 135 cm³/mol. The van der Waals surface area contributed by atoms with Crippen molar-refractivity contribution in [3.8, 4) is 0 Å². The molecular weight excluding hydrogens is 449 g/mol. The Labute approximate surface area is 209 Å². The summed E-state index contributed by atoms with van der Waals surface area (Å²) in [7, 11) is 1.45. The Hall–Kier alpha value is -2.40. The smallest absolute Gasteiger partial charge is 0.444 e. The third kappa shape index (κ3) is 6.64. The summed E-state index contributed by atoms with van der Waals surface area (Å²) >= 11 is 0. The van der Waals surface area contributed by atoms with Crippen molar-refractivity contribution in [3.63, 3.8) is 0 Å². The van der Waals surface area contributed by atoms with Crippen LogP contribution in [-0.4, -0.2) is 83.5 Å². The third-order valence-corrected chi connectivity index (χ3v) is 6.76. The molecule has 11 heteroatoms. The monoisotopic (exact) mass is 489 g/mol. The Morgan fingerprint density at radius 1 is 1.23 bits per heavy atom. The molecule has 2 aliphatic rings. The molecule has 0 saturated carbocycles. The number of hydrogen-bond donors (Lipinski definition) is 1. The van der Waals surface area contributed by atoms with Gasteiger partial charge in [-0.2, -0.15) is 0 Å². The Kier molecular flexibility index (Phi) is 7.71. The minimum Gasteiger partial charge on any atom is -0.444 e. The molecule has 1 aromatic heterocycles. The Bertz CT molecular complexity index is 902. The maximum atomic E-state index is 12.8. The highest BCUT2D eigenvalue weighted by atomic mass is 16.7. The normalized spacial score (nSPS) is 22.1. The maximum Gasteiger partial charge on any atom is 0.498 e. The van der Waals surface area contributed by atoms with Crippen molar-refractivity contribution in [2.45, 2.75) is 84.7 Å². The average molecular weight is 489 g/mol. The summed E-state index contributed by atoms with van der Waals surface area (Å²) in [5, 5.41) is 2.63. The number of amides is 2. The summed E-state index contributed by atoms with van der Waals surface area (Å²) in [6.45, 7) is 17.1. The quantitative estimate of drug-likeness (QED) is 0.605. The van der Waals surface area contributed by atoms with Crippen LogP contribution in [0.2, 0.25) is 0 Å². The van der Waals surface area contributed by atoms with Gasteiger partial charge in [-0.3, -0.25) is 4.79 Å². The lowest BCUT2D eigenvalue weighted by atomic mass is 9.81. The van der Waals surface area contributed by atoms with E-state index in [1.54, 1.807) is 45.0 Å². The van der Waals surface area contributed by atoms with Gasteiger partial charge in [-0.25, -0.2) is 14.8 Å². The number of alkyl carbamates (subject to hydrolysis) is 1. The molecule has 2 saturated heterocycles. The molecule has 0 bridgehead atoms. The zero-order valence-electron chi connectivity index (χ0n) is 22.5. The number of carbonyl (C=O) groups excluding carboxylic acids is 2. The molecule has 2 amide bonds. The second kappa shape index (κ2) is 9.93. The summed E-state index contributed by atoms with van der Waals surface area (Å²) in [6, 6.07) is -0.646. The fraction of sp³-hybridized carbons (Fsp3) is 0.750. The zero-order chi connectivity index (χ0) is 26.2. The van der Waals surface area contributed by atoms with Gasteiger partial charge in [-0.15, -0.1) is 0 Å². The highest BCUT2D eigenvalue weighted by Gasteiger charge is 2.52. The highest BCUT2D eigenvalue weighted by Crippen LogP contribution is 2.36. The van der Waals surface area contributed by atoms with E-state index in [1.807, 2.05) is 39.6 Å². The Morgan fingerprint density at radius 2 is 1.80 bits per heavy atom. The standard InChI is InChI=1S/C24H40BN5O5/c1-16(28-21(32)33-22(2,3)4)19(31)30-11-10-17(15-30)14-29(9)20-26-12-18(13-27-20)25-34-23(5,6)24(7,8)35-25/h12-13,16-17H,10-11,14-15H2,1-9H3,(H,28,32)/t16-,17-/m1/s1. The van der Waals surface area contributed by atoms with E-state index in [-0.39, 0.29) is 11.8 Å². The van der Waals surface area contributed by atoms with E-state index in [9.17, 15) is 9.59 Å². The molecule has 0 unspecified atom stereocenters. The molecule has 3 rings (SSSR count). The van der Waals surface area contributed by atoms with Crippen LogP contribution in [0.4, 0.5) is 10.7 Å². The zero-order valence-corrected chi connectivity index (χ0v) is 22.5. The molecule has 2 fully saturated rings. The number of nitrogens with zero attached hydrogens (tertiary/aromatic N) is 4. The van der Waals surface area contributed by atoms with Gasteiger partial charge in [-0.1, -0.05) is 0 Å². The van der Waals surface area contributed by atoms with Crippen molar-refractivity contribution in [1.82, 2.24) is 20.2 Å². The number of aromatic nitrogens is 2. The molecule has 194 valence electrons. The van der Waals surface area contributed by atoms with Crippen molar-refractivity contribution in [2.24, 2.45) is 5.92 Å². The van der Waals surface area contributed by atoms with Crippen LogP contribution in [0.5, 0.6) is 0 Å². The van der Waals surface area contributed by atoms with E-state index < -0.39 is 36.1 Å². The summed E-state index contributed by atoms with van der Waals surface area (Å²) in [6.07, 6.45) is 3.78. The number of rotatable bonds is 6. The molecule has 0 aromatic carbocycles. The maximum absolute atomic E-state index is 12.8. The molecule has 10 nitrogen and oxygen atoms in total. The van der Waals surface area contributed by atoms with Gasteiger partial charge >= 0.3 is 13.2 Å². The predicted octanol–water partition coefficient (Wildman–Crippen LogP) is 1.97. The van der Waals surface area contributed by atoms with Crippen molar-refractivity contribution < 1.29 is 23.6 Å². The van der Waals surface area contributed by atoms with Crippen LogP contribution in [-0.2, 0) is 18.8 Å². The summed E-state index contributed by atoms with van der Waals surface area (Å²) in [4.78, 5) is 37.6. The molecule has 1 aromatic rings. The topological polar surface area (TPSA) is 106 Å². The average Bonchev–Trinajstić information content (AvgIpc) is 3.27. The molecule has 2 atom stereocenters. The van der Waals surface area contributed by atoms with Crippen LogP contribution in [0.3, 0.4) is 0 Å². The fourth-order valence-corrected chi connectivity index (χ4v) is 4.10. The number of nitrogens with one attached hydrogen (secondary N) is 1. The van der Waals surface area contributed by atoms with Crippen LogP contribution in [0.1, 0.15) is 61.8 Å². The first-order valence-electron chi connectivity index (χ1n) is 12.2. The summed E-state index contributed by atoms with van der Waals surface area (Å²) in [5.41, 5.74) is -0.664. The minimum absolute atomic E-state index is 0.107. The first-order valence-corrected chi connectivity index (χ1v) is 12.2. The lowest BCUT2D eigenvalue weighted by Gasteiger charge is -2.32. The molecule has 0 radical (unpaired) electrons. The van der Waals surface area contributed by atoms with Crippen molar-refractivity contribution in [2.75, 3.05) is 31.6 Å². The van der Waals surface area contributed by atoms with Gasteiger partial charge in [0.25, 0.3) is 0 Å². The van der Waals surface area contributed by atoms with Gasteiger partial charge in [0, 0.05) is 44.5 Å². The lowest BCUT2D eigenvalue weighted by molar-refractivity contribution is -0.132. The van der Waals surface area contributed by atoms with E-state index in [2.05, 4.69) is 15.3 Å². The molecule has 35 heavy (non-hydrogen) atoms. The van der Waals surface area contributed by atoms with Crippen LogP contribution < -0.4 is 15.7 Å². The second-order valence-corrected chi connectivity index (χ2v) is 11.6. The number of anilines is 1. The molecule has 3 heterocycles. The number of likely N-dealkylation sites (tertiary alicyclic amines) is 1. The Balaban J connectivity index is 1.50. The highest BCUT2D eigenvalue weighted by molar-refractivity contribution is 6.61. The molecule has 2 aliphatic heterocycles. The SMILES string of the molecule is C[C@@H](NC(=O)OC(C)(C)C)C(=O)N1CC[C@H](CN(C)c2ncc(B3OC(C)(C)C(C)(C)O3)cn2)C1. The van der Waals surface area contributed by atoms with Gasteiger partial charge in [0.1, 0.15) is 11.6 Å². The third-order valence-electron chi connectivity index (χ3n) is 6.76. The van der Waals surface area contributed by atoms with Crippen LogP contribution in [0.15, 0.2) is 12.4 Å².